The number of nitrogens with one attached hydrogen (secondary N) is 1. The predicted molar refractivity (Wildman–Crippen MR) is 63.2 cm³/mol. The van der Waals surface area contributed by atoms with Crippen molar-refractivity contribution in [3.63, 3.8) is 0 Å². The summed E-state index contributed by atoms with van der Waals surface area (Å²) in [6.45, 7) is 3.83. The van der Waals surface area contributed by atoms with Gasteiger partial charge in [-0.2, -0.15) is 0 Å². The van der Waals surface area contributed by atoms with E-state index >= 15 is 0 Å². The fourth-order valence-corrected chi connectivity index (χ4v) is 1.46. The van der Waals surface area contributed by atoms with Crippen molar-refractivity contribution in [3.8, 4) is 0 Å². The summed E-state index contributed by atoms with van der Waals surface area (Å²) in [5.41, 5.74) is -0.319. The summed E-state index contributed by atoms with van der Waals surface area (Å²) < 4.78 is 4.86. The summed E-state index contributed by atoms with van der Waals surface area (Å²) >= 11 is 5.76. The number of ether oxygens (including phenoxy) is 1. The molecule has 0 atom stereocenters. The van der Waals surface area contributed by atoms with Crippen LogP contribution in [0, 0.1) is 10.1 Å². The molecule has 0 bridgehead atoms. The third kappa shape index (κ3) is 3.50. The number of aromatic nitrogens is 2. The molecule has 7 nitrogen and oxygen atoms in total. The van der Waals surface area contributed by atoms with Crippen LogP contribution < -0.4 is 5.32 Å². The van der Waals surface area contributed by atoms with E-state index < -0.39 is 4.92 Å². The quantitative estimate of drug-likeness (QED) is 0.495. The van der Waals surface area contributed by atoms with Crippen LogP contribution in [0.4, 0.5) is 11.5 Å². The number of halogens is 1. The molecule has 0 aliphatic heterocycles. The van der Waals surface area contributed by atoms with Gasteiger partial charge in [-0.05, 0) is 13.8 Å². The van der Waals surface area contributed by atoms with Crippen LogP contribution in [-0.2, 0) is 11.3 Å². The molecule has 0 saturated heterocycles. The second-order valence-corrected chi connectivity index (χ2v) is 3.98. The van der Waals surface area contributed by atoms with Crippen molar-refractivity contribution in [2.24, 2.45) is 0 Å². The normalized spacial score (nSPS) is 10.6. The molecule has 1 aromatic rings. The second-order valence-electron chi connectivity index (χ2n) is 3.62. The summed E-state index contributed by atoms with van der Waals surface area (Å²) in [7, 11) is 1.48. The monoisotopic (exact) mass is 260 g/mol. The molecule has 1 rings (SSSR count). The van der Waals surface area contributed by atoms with Crippen molar-refractivity contribution >= 4 is 23.1 Å². The second kappa shape index (κ2) is 5.74. The molecule has 0 unspecified atom stereocenters. The molecule has 17 heavy (non-hydrogen) atoms. The molecule has 94 valence electrons. The van der Waals surface area contributed by atoms with Gasteiger partial charge in [-0.15, -0.1) is 0 Å². The first-order valence-electron chi connectivity index (χ1n) is 4.92. The molecule has 0 aliphatic rings. The molecule has 0 aliphatic carbocycles. The van der Waals surface area contributed by atoms with E-state index in [0.29, 0.717) is 5.82 Å². The number of rotatable bonds is 5. The number of anilines is 1. The highest BCUT2D eigenvalue weighted by Crippen LogP contribution is 2.29. The number of hydrogen-bond donors (Lipinski definition) is 1. The Morgan fingerprint density at radius 3 is 2.65 bits per heavy atom. The van der Waals surface area contributed by atoms with Crippen LogP contribution in [-0.4, -0.2) is 28.0 Å². The first-order chi connectivity index (χ1) is 7.95. The van der Waals surface area contributed by atoms with E-state index in [1.54, 1.807) is 0 Å². The first-order valence-corrected chi connectivity index (χ1v) is 5.29. The van der Waals surface area contributed by atoms with Gasteiger partial charge in [-0.1, -0.05) is 11.6 Å². The Kier molecular flexibility index (Phi) is 4.59. The van der Waals surface area contributed by atoms with Crippen LogP contribution in [0.25, 0.3) is 0 Å². The fraction of sp³-hybridized carbons (Fsp3) is 0.556. The van der Waals surface area contributed by atoms with Gasteiger partial charge in [0.25, 0.3) is 0 Å². The van der Waals surface area contributed by atoms with Gasteiger partial charge < -0.3 is 10.1 Å². The van der Waals surface area contributed by atoms with Gasteiger partial charge in [0.1, 0.15) is 6.61 Å². The van der Waals surface area contributed by atoms with E-state index in [1.807, 2.05) is 13.8 Å². The molecule has 0 amide bonds. The van der Waals surface area contributed by atoms with E-state index in [2.05, 4.69) is 15.3 Å². The predicted octanol–water partition coefficient (Wildman–Crippen LogP) is 2.00. The summed E-state index contributed by atoms with van der Waals surface area (Å²) in [6, 6.07) is -0.00457. The minimum atomic E-state index is -0.608. The van der Waals surface area contributed by atoms with Gasteiger partial charge >= 0.3 is 5.69 Å². The Hall–Kier alpha value is -1.47. The summed E-state index contributed by atoms with van der Waals surface area (Å²) in [5, 5.41) is 13.5. The van der Waals surface area contributed by atoms with Crippen LogP contribution in [0.1, 0.15) is 19.7 Å². The van der Waals surface area contributed by atoms with Crippen molar-refractivity contribution in [2.75, 3.05) is 12.4 Å². The van der Waals surface area contributed by atoms with Crippen molar-refractivity contribution in [1.29, 1.82) is 0 Å². The van der Waals surface area contributed by atoms with Gasteiger partial charge in [-0.3, -0.25) is 10.1 Å². The zero-order valence-corrected chi connectivity index (χ0v) is 10.5. The minimum Gasteiger partial charge on any atom is -0.377 e. The van der Waals surface area contributed by atoms with Crippen molar-refractivity contribution in [1.82, 2.24) is 9.97 Å². The van der Waals surface area contributed by atoms with Gasteiger partial charge in [0, 0.05) is 13.2 Å². The minimum absolute atomic E-state index is 0.00457. The number of nitrogens with zero attached hydrogens (tertiary/aromatic N) is 3. The molecule has 1 aromatic heterocycles. The van der Waals surface area contributed by atoms with Crippen molar-refractivity contribution in [2.45, 2.75) is 26.5 Å². The van der Waals surface area contributed by atoms with Gasteiger partial charge in [-0.25, -0.2) is 9.97 Å². The molecule has 0 spiro atoms. The summed E-state index contributed by atoms with van der Waals surface area (Å²) in [5.74, 6) is 0.406. The van der Waals surface area contributed by atoms with Crippen LogP contribution in [0.5, 0.6) is 0 Å². The zero-order valence-electron chi connectivity index (χ0n) is 9.73. The lowest BCUT2D eigenvalue weighted by Crippen LogP contribution is -2.15. The maximum atomic E-state index is 10.9. The number of hydrogen-bond acceptors (Lipinski definition) is 6. The first kappa shape index (κ1) is 13.6. The SMILES string of the molecule is COCc1nc(Cl)c([N+](=O)[O-])c(NC(C)C)n1. The molecule has 0 saturated carbocycles. The van der Waals surface area contributed by atoms with Crippen LogP contribution in [0.2, 0.25) is 5.15 Å². The molecule has 8 heteroatoms. The van der Waals surface area contributed by atoms with Crippen molar-refractivity contribution in [3.05, 3.63) is 21.1 Å². The molecular weight excluding hydrogens is 248 g/mol. The summed E-state index contributed by atoms with van der Waals surface area (Å²) in [4.78, 5) is 18.1. The Morgan fingerprint density at radius 2 is 2.18 bits per heavy atom. The average molecular weight is 261 g/mol. The Morgan fingerprint density at radius 1 is 1.53 bits per heavy atom. The highest BCUT2D eigenvalue weighted by atomic mass is 35.5. The third-order valence-corrected chi connectivity index (χ3v) is 2.03. The highest BCUT2D eigenvalue weighted by Gasteiger charge is 2.23. The van der Waals surface area contributed by atoms with Crippen LogP contribution in [0.3, 0.4) is 0 Å². The lowest BCUT2D eigenvalue weighted by molar-refractivity contribution is -0.384. The van der Waals surface area contributed by atoms with Gasteiger partial charge in [0.05, 0.1) is 4.92 Å². The van der Waals surface area contributed by atoms with E-state index in [1.165, 1.54) is 7.11 Å². The largest absolute Gasteiger partial charge is 0.377 e. The smallest absolute Gasteiger partial charge is 0.348 e. The summed E-state index contributed by atoms with van der Waals surface area (Å²) in [6.07, 6.45) is 0. The Labute approximate surface area is 103 Å². The zero-order chi connectivity index (χ0) is 13.0. The fourth-order valence-electron chi connectivity index (χ4n) is 1.20. The van der Waals surface area contributed by atoms with Crippen LogP contribution in [0.15, 0.2) is 0 Å². The third-order valence-electron chi connectivity index (χ3n) is 1.77. The lowest BCUT2D eigenvalue weighted by Gasteiger charge is -2.10. The molecule has 1 N–H and O–H groups in total. The molecular formula is C9H13ClN4O3. The Bertz CT molecular complexity index is 425. The maximum Gasteiger partial charge on any atom is 0.348 e. The van der Waals surface area contributed by atoms with E-state index in [9.17, 15) is 10.1 Å². The number of nitro groups is 1. The Balaban J connectivity index is 3.23. The van der Waals surface area contributed by atoms with E-state index in [4.69, 9.17) is 16.3 Å². The van der Waals surface area contributed by atoms with Gasteiger partial charge in [0.15, 0.2) is 5.82 Å². The lowest BCUT2D eigenvalue weighted by atomic mass is 10.3. The van der Waals surface area contributed by atoms with Crippen LogP contribution >= 0.6 is 11.6 Å². The van der Waals surface area contributed by atoms with Gasteiger partial charge in [0.2, 0.25) is 11.0 Å². The molecule has 0 radical (unpaired) electrons. The van der Waals surface area contributed by atoms with Crippen molar-refractivity contribution < 1.29 is 9.66 Å². The number of methoxy groups -OCH3 is 1. The maximum absolute atomic E-state index is 10.9. The molecule has 1 heterocycles. The topological polar surface area (TPSA) is 90.2 Å². The van der Waals surface area contributed by atoms with E-state index in [-0.39, 0.29) is 29.3 Å². The highest BCUT2D eigenvalue weighted by molar-refractivity contribution is 6.31. The molecule has 0 fully saturated rings. The standard InChI is InChI=1S/C9H13ClN4O3/c1-5(2)11-9-7(14(15)16)8(10)12-6(13-9)4-17-3/h5H,4H2,1-3H3,(H,11,12,13). The average Bonchev–Trinajstić information content (AvgIpc) is 2.15. The van der Waals surface area contributed by atoms with E-state index in [0.717, 1.165) is 0 Å². The molecule has 0 aromatic carbocycles.